The van der Waals surface area contributed by atoms with Gasteiger partial charge in [0, 0.05) is 17.8 Å². The summed E-state index contributed by atoms with van der Waals surface area (Å²) in [5.74, 6) is 0.104. The summed E-state index contributed by atoms with van der Waals surface area (Å²) in [6, 6.07) is 0.363. The summed E-state index contributed by atoms with van der Waals surface area (Å²) in [7, 11) is 0. The van der Waals surface area contributed by atoms with E-state index < -0.39 is 0 Å². The first kappa shape index (κ1) is 13.6. The summed E-state index contributed by atoms with van der Waals surface area (Å²) in [5, 5.41) is 6.74. The van der Waals surface area contributed by atoms with E-state index in [0.717, 1.165) is 6.42 Å². The average Bonchev–Trinajstić information content (AvgIpc) is 2.30. The van der Waals surface area contributed by atoms with Crippen LogP contribution in [0.1, 0.15) is 25.7 Å². The van der Waals surface area contributed by atoms with Gasteiger partial charge < -0.3 is 10.6 Å². The summed E-state index contributed by atoms with van der Waals surface area (Å²) in [6.07, 6.45) is 8.78. The molecule has 0 aromatic rings. The van der Waals surface area contributed by atoms with E-state index >= 15 is 0 Å². The Balaban J connectivity index is 2.27. The summed E-state index contributed by atoms with van der Waals surface area (Å²) in [6.45, 7) is 4.68. The zero-order valence-electron chi connectivity index (χ0n) is 10.00. The highest BCUT2D eigenvalue weighted by atomic mass is 32.2. The molecule has 0 bridgehead atoms. The third-order valence-corrected chi connectivity index (χ3v) is 4.10. The second-order valence-electron chi connectivity index (χ2n) is 4.15. The Morgan fingerprint density at radius 3 is 2.94 bits per heavy atom. The monoisotopic (exact) mass is 242 g/mol. The molecule has 0 aromatic heterocycles. The molecule has 0 heterocycles. The lowest BCUT2D eigenvalue weighted by molar-refractivity contribution is -0.121. The molecule has 1 saturated carbocycles. The maximum atomic E-state index is 11.6. The van der Waals surface area contributed by atoms with Crippen LogP contribution in [-0.2, 0) is 4.79 Å². The number of carbonyl (C=O) groups is 1. The molecule has 1 amide bonds. The van der Waals surface area contributed by atoms with Crippen molar-refractivity contribution >= 4 is 17.7 Å². The zero-order valence-corrected chi connectivity index (χ0v) is 10.8. The Hall–Kier alpha value is -0.480. The minimum absolute atomic E-state index is 0.104. The minimum atomic E-state index is 0.104. The van der Waals surface area contributed by atoms with Crippen LogP contribution >= 0.6 is 11.8 Å². The van der Waals surface area contributed by atoms with E-state index in [2.05, 4.69) is 23.5 Å². The summed E-state index contributed by atoms with van der Waals surface area (Å²) in [5.41, 5.74) is 0. The fourth-order valence-electron chi connectivity index (χ4n) is 2.09. The average molecular weight is 242 g/mol. The Bertz CT molecular complexity index is 233. The van der Waals surface area contributed by atoms with Crippen molar-refractivity contribution in [3.8, 4) is 0 Å². The first-order chi connectivity index (χ1) is 7.77. The van der Waals surface area contributed by atoms with Crippen molar-refractivity contribution in [3.63, 3.8) is 0 Å². The molecule has 2 N–H and O–H groups in total. The summed E-state index contributed by atoms with van der Waals surface area (Å²) >= 11 is 1.87. The molecule has 0 saturated heterocycles. The first-order valence-corrected chi connectivity index (χ1v) is 7.20. The Kier molecular flexibility index (Phi) is 6.57. The van der Waals surface area contributed by atoms with Gasteiger partial charge in [-0.2, -0.15) is 11.8 Å². The van der Waals surface area contributed by atoms with Crippen molar-refractivity contribution in [3.05, 3.63) is 12.7 Å². The number of carbonyl (C=O) groups excluding carboxylic acids is 1. The molecule has 4 heteroatoms. The second-order valence-corrected chi connectivity index (χ2v) is 5.23. The minimum Gasteiger partial charge on any atom is -0.351 e. The van der Waals surface area contributed by atoms with E-state index in [-0.39, 0.29) is 5.91 Å². The van der Waals surface area contributed by atoms with Crippen LogP contribution in [-0.4, -0.2) is 36.5 Å². The van der Waals surface area contributed by atoms with Crippen LogP contribution in [0.3, 0.4) is 0 Å². The van der Waals surface area contributed by atoms with Crippen LogP contribution in [0.25, 0.3) is 0 Å². The molecule has 0 aromatic carbocycles. The van der Waals surface area contributed by atoms with Gasteiger partial charge in [0.1, 0.15) is 0 Å². The standard InChI is InChI=1S/C12H22N2OS/c1-3-8-13-9-12(15)14-10-6-4-5-7-11(10)16-2/h3,10-11,13H,1,4-9H2,2H3,(H,14,15). The fourth-order valence-corrected chi connectivity index (χ4v) is 3.02. The molecule has 92 valence electrons. The summed E-state index contributed by atoms with van der Waals surface area (Å²) in [4.78, 5) is 11.6. The number of rotatable bonds is 6. The predicted molar refractivity (Wildman–Crippen MR) is 70.8 cm³/mol. The highest BCUT2D eigenvalue weighted by Gasteiger charge is 2.25. The van der Waals surface area contributed by atoms with Gasteiger partial charge in [-0.3, -0.25) is 4.79 Å². The molecular weight excluding hydrogens is 220 g/mol. The van der Waals surface area contributed by atoms with E-state index in [1.807, 2.05) is 11.8 Å². The molecular formula is C12H22N2OS. The molecule has 1 aliphatic carbocycles. The first-order valence-electron chi connectivity index (χ1n) is 5.91. The lowest BCUT2D eigenvalue weighted by Gasteiger charge is -2.30. The van der Waals surface area contributed by atoms with Gasteiger partial charge in [-0.25, -0.2) is 0 Å². The Morgan fingerprint density at radius 2 is 2.25 bits per heavy atom. The molecule has 0 radical (unpaired) electrons. The lowest BCUT2D eigenvalue weighted by Crippen LogP contribution is -2.46. The zero-order chi connectivity index (χ0) is 11.8. The highest BCUT2D eigenvalue weighted by molar-refractivity contribution is 7.99. The van der Waals surface area contributed by atoms with Gasteiger partial charge in [0.25, 0.3) is 0 Å². The quantitative estimate of drug-likeness (QED) is 0.548. The molecule has 1 aliphatic rings. The number of nitrogens with one attached hydrogen (secondary N) is 2. The van der Waals surface area contributed by atoms with Crippen LogP contribution in [0, 0.1) is 0 Å². The maximum absolute atomic E-state index is 11.6. The van der Waals surface area contributed by atoms with Crippen LogP contribution < -0.4 is 10.6 Å². The molecule has 0 spiro atoms. The third-order valence-electron chi connectivity index (χ3n) is 2.93. The molecule has 3 nitrogen and oxygen atoms in total. The topological polar surface area (TPSA) is 41.1 Å². The summed E-state index contributed by atoms with van der Waals surface area (Å²) < 4.78 is 0. The van der Waals surface area contributed by atoms with E-state index in [1.165, 1.54) is 19.3 Å². The van der Waals surface area contributed by atoms with E-state index in [1.54, 1.807) is 6.08 Å². The van der Waals surface area contributed by atoms with Gasteiger partial charge in [0.2, 0.25) is 5.91 Å². The Morgan fingerprint density at radius 1 is 1.50 bits per heavy atom. The van der Waals surface area contributed by atoms with Crippen LogP contribution in [0.4, 0.5) is 0 Å². The number of amides is 1. The highest BCUT2D eigenvalue weighted by Crippen LogP contribution is 2.26. The predicted octanol–water partition coefficient (Wildman–Crippen LogP) is 1.55. The van der Waals surface area contributed by atoms with Gasteiger partial charge in [-0.1, -0.05) is 18.9 Å². The molecule has 1 rings (SSSR count). The van der Waals surface area contributed by atoms with Crippen LogP contribution in [0.2, 0.25) is 0 Å². The number of hydrogen-bond donors (Lipinski definition) is 2. The second kappa shape index (κ2) is 7.74. The SMILES string of the molecule is C=CCNCC(=O)NC1CCCCC1SC. The lowest BCUT2D eigenvalue weighted by atomic mass is 9.95. The van der Waals surface area contributed by atoms with Gasteiger partial charge in [-0.15, -0.1) is 6.58 Å². The van der Waals surface area contributed by atoms with Crippen molar-refractivity contribution in [2.75, 3.05) is 19.3 Å². The van der Waals surface area contributed by atoms with Crippen molar-refractivity contribution in [2.24, 2.45) is 0 Å². The van der Waals surface area contributed by atoms with E-state index in [0.29, 0.717) is 24.4 Å². The van der Waals surface area contributed by atoms with Crippen molar-refractivity contribution in [1.82, 2.24) is 10.6 Å². The number of hydrogen-bond acceptors (Lipinski definition) is 3. The van der Waals surface area contributed by atoms with E-state index in [9.17, 15) is 4.79 Å². The van der Waals surface area contributed by atoms with Gasteiger partial charge in [0.15, 0.2) is 0 Å². The number of thioether (sulfide) groups is 1. The fraction of sp³-hybridized carbons (Fsp3) is 0.750. The third kappa shape index (κ3) is 4.58. The largest absolute Gasteiger partial charge is 0.351 e. The molecule has 2 unspecified atom stereocenters. The normalized spacial score (nSPS) is 25.1. The van der Waals surface area contributed by atoms with Crippen LogP contribution in [0.5, 0.6) is 0 Å². The van der Waals surface area contributed by atoms with Gasteiger partial charge >= 0.3 is 0 Å². The van der Waals surface area contributed by atoms with E-state index in [4.69, 9.17) is 0 Å². The Labute approximate surface area is 102 Å². The van der Waals surface area contributed by atoms with Crippen molar-refractivity contribution in [2.45, 2.75) is 37.0 Å². The molecule has 16 heavy (non-hydrogen) atoms. The van der Waals surface area contributed by atoms with Crippen molar-refractivity contribution in [1.29, 1.82) is 0 Å². The van der Waals surface area contributed by atoms with Crippen molar-refractivity contribution < 1.29 is 4.79 Å². The smallest absolute Gasteiger partial charge is 0.234 e. The van der Waals surface area contributed by atoms with Gasteiger partial charge in [-0.05, 0) is 19.1 Å². The van der Waals surface area contributed by atoms with Crippen LogP contribution in [0.15, 0.2) is 12.7 Å². The molecule has 2 atom stereocenters. The molecule has 0 aliphatic heterocycles. The van der Waals surface area contributed by atoms with Gasteiger partial charge in [0.05, 0.1) is 6.54 Å². The maximum Gasteiger partial charge on any atom is 0.234 e. The molecule has 1 fully saturated rings.